The summed E-state index contributed by atoms with van der Waals surface area (Å²) in [6.45, 7) is 1.45. The summed E-state index contributed by atoms with van der Waals surface area (Å²) in [5.41, 5.74) is 8.13. The maximum atomic E-state index is 11.8. The van der Waals surface area contributed by atoms with Gasteiger partial charge in [0, 0.05) is 36.4 Å². The summed E-state index contributed by atoms with van der Waals surface area (Å²) in [7, 11) is 1.97. The first kappa shape index (κ1) is 14.1. The van der Waals surface area contributed by atoms with E-state index in [0.29, 0.717) is 18.7 Å². The molecule has 0 fully saturated rings. The van der Waals surface area contributed by atoms with Crippen LogP contribution in [0.5, 0.6) is 0 Å². The average molecular weight is 273 g/mol. The molecule has 0 bridgehead atoms. The number of benzene rings is 1. The molecule has 0 saturated carbocycles. The van der Waals surface area contributed by atoms with Crippen molar-refractivity contribution in [3.63, 3.8) is 0 Å². The molecule has 5 nitrogen and oxygen atoms in total. The molecule has 0 aliphatic heterocycles. The fraction of sp³-hybridized carbons (Fsp3) is 0.267. The highest BCUT2D eigenvalue weighted by Gasteiger charge is 2.06. The van der Waals surface area contributed by atoms with E-state index in [1.165, 1.54) is 0 Å². The molecule has 0 aliphatic carbocycles. The molecule has 0 saturated heterocycles. The zero-order valence-electron chi connectivity index (χ0n) is 11.5. The summed E-state index contributed by atoms with van der Waals surface area (Å²) >= 11 is 0. The van der Waals surface area contributed by atoms with Crippen molar-refractivity contribution in [3.8, 4) is 0 Å². The van der Waals surface area contributed by atoms with E-state index in [4.69, 9.17) is 10.2 Å². The van der Waals surface area contributed by atoms with Crippen LogP contribution in [0.15, 0.2) is 47.3 Å². The minimum Gasteiger partial charge on any atom is -0.472 e. The normalized spacial score (nSPS) is 10.7. The molecule has 20 heavy (non-hydrogen) atoms. The zero-order chi connectivity index (χ0) is 14.4. The van der Waals surface area contributed by atoms with Crippen LogP contribution < -0.4 is 11.1 Å². The lowest BCUT2D eigenvalue weighted by Gasteiger charge is -2.15. The third-order valence-corrected chi connectivity index (χ3v) is 2.92. The second-order valence-electron chi connectivity index (χ2n) is 4.79. The number of amides is 1. The van der Waals surface area contributed by atoms with Gasteiger partial charge in [0.15, 0.2) is 0 Å². The van der Waals surface area contributed by atoms with Crippen molar-refractivity contribution in [3.05, 3.63) is 48.4 Å². The lowest BCUT2D eigenvalue weighted by Crippen LogP contribution is -2.23. The van der Waals surface area contributed by atoms with Crippen LogP contribution in [0.3, 0.4) is 0 Å². The Morgan fingerprint density at radius 1 is 1.40 bits per heavy atom. The number of hydrogen-bond acceptors (Lipinski definition) is 4. The maximum Gasteiger partial charge on any atom is 0.225 e. The molecule has 1 aromatic carbocycles. The molecule has 2 rings (SSSR count). The molecule has 5 heteroatoms. The highest BCUT2D eigenvalue weighted by Crippen LogP contribution is 2.12. The quantitative estimate of drug-likeness (QED) is 0.792. The van der Waals surface area contributed by atoms with Crippen molar-refractivity contribution >= 4 is 17.3 Å². The largest absolute Gasteiger partial charge is 0.472 e. The maximum absolute atomic E-state index is 11.8. The summed E-state index contributed by atoms with van der Waals surface area (Å²) in [6.07, 6.45) is 3.79. The number of nitrogens with one attached hydrogen (secondary N) is 1. The van der Waals surface area contributed by atoms with Crippen molar-refractivity contribution in [2.24, 2.45) is 0 Å². The fourth-order valence-electron chi connectivity index (χ4n) is 1.91. The van der Waals surface area contributed by atoms with E-state index in [-0.39, 0.29) is 5.91 Å². The monoisotopic (exact) mass is 273 g/mol. The Morgan fingerprint density at radius 3 is 2.95 bits per heavy atom. The lowest BCUT2D eigenvalue weighted by molar-refractivity contribution is -0.116. The van der Waals surface area contributed by atoms with Gasteiger partial charge in [0.1, 0.15) is 0 Å². The Balaban J connectivity index is 1.74. The van der Waals surface area contributed by atoms with Gasteiger partial charge in [-0.25, -0.2) is 0 Å². The fourth-order valence-corrected chi connectivity index (χ4v) is 1.91. The Bertz CT molecular complexity index is 552. The van der Waals surface area contributed by atoms with Crippen LogP contribution in [0.1, 0.15) is 12.0 Å². The molecule has 106 valence electrons. The summed E-state index contributed by atoms with van der Waals surface area (Å²) in [6, 6.07) is 9.09. The van der Waals surface area contributed by atoms with Gasteiger partial charge in [-0.05, 0) is 31.3 Å². The second-order valence-corrected chi connectivity index (χ2v) is 4.79. The lowest BCUT2D eigenvalue weighted by atomic mass is 10.2. The molecule has 0 atom stereocenters. The van der Waals surface area contributed by atoms with Crippen molar-refractivity contribution in [2.45, 2.75) is 13.0 Å². The van der Waals surface area contributed by atoms with Crippen LogP contribution in [0.2, 0.25) is 0 Å². The van der Waals surface area contributed by atoms with E-state index in [0.717, 1.165) is 17.8 Å². The molecular weight excluding hydrogens is 254 g/mol. The standard InChI is InChI=1S/C15H19N3O2/c1-18(10-12-6-8-20-11-12)7-5-15(19)17-14-4-2-3-13(16)9-14/h2-4,6,8-9,11H,5,7,10,16H2,1H3,(H,17,19). The van der Waals surface area contributed by atoms with Crippen LogP contribution in [0, 0.1) is 0 Å². The first-order valence-electron chi connectivity index (χ1n) is 6.48. The Labute approximate surface area is 118 Å². The van der Waals surface area contributed by atoms with Gasteiger partial charge >= 0.3 is 0 Å². The van der Waals surface area contributed by atoms with Crippen LogP contribution in [-0.2, 0) is 11.3 Å². The van der Waals surface area contributed by atoms with Crippen LogP contribution >= 0.6 is 0 Å². The van der Waals surface area contributed by atoms with Crippen molar-refractivity contribution < 1.29 is 9.21 Å². The summed E-state index contributed by atoms with van der Waals surface area (Å²) in [4.78, 5) is 13.9. The number of carbonyl (C=O) groups is 1. The zero-order valence-corrected chi connectivity index (χ0v) is 11.5. The molecule has 0 spiro atoms. The van der Waals surface area contributed by atoms with Gasteiger partial charge in [-0.2, -0.15) is 0 Å². The number of nitrogens with zero attached hydrogens (tertiary/aromatic N) is 1. The van der Waals surface area contributed by atoms with Crippen molar-refractivity contribution in [2.75, 3.05) is 24.6 Å². The van der Waals surface area contributed by atoms with E-state index < -0.39 is 0 Å². The highest BCUT2D eigenvalue weighted by molar-refractivity contribution is 5.91. The van der Waals surface area contributed by atoms with E-state index in [9.17, 15) is 4.79 Å². The van der Waals surface area contributed by atoms with Gasteiger partial charge in [-0.3, -0.25) is 4.79 Å². The number of hydrogen-bond donors (Lipinski definition) is 2. The minimum absolute atomic E-state index is 0.0188. The number of anilines is 2. The predicted molar refractivity (Wildman–Crippen MR) is 79.1 cm³/mol. The Hall–Kier alpha value is -2.27. The van der Waals surface area contributed by atoms with E-state index in [1.807, 2.05) is 25.2 Å². The number of carbonyl (C=O) groups excluding carboxylic acids is 1. The summed E-state index contributed by atoms with van der Waals surface area (Å²) in [5.74, 6) is -0.0188. The predicted octanol–water partition coefficient (Wildman–Crippen LogP) is 2.32. The van der Waals surface area contributed by atoms with Gasteiger partial charge in [-0.1, -0.05) is 6.07 Å². The second kappa shape index (κ2) is 6.77. The third kappa shape index (κ3) is 4.44. The first-order valence-corrected chi connectivity index (χ1v) is 6.48. The van der Waals surface area contributed by atoms with Crippen molar-refractivity contribution in [1.82, 2.24) is 4.90 Å². The Morgan fingerprint density at radius 2 is 2.25 bits per heavy atom. The number of rotatable bonds is 6. The topological polar surface area (TPSA) is 71.5 Å². The number of nitrogens with two attached hydrogens (primary N) is 1. The average Bonchev–Trinajstić information content (AvgIpc) is 2.89. The molecular formula is C15H19N3O2. The highest BCUT2D eigenvalue weighted by atomic mass is 16.3. The van der Waals surface area contributed by atoms with E-state index in [2.05, 4.69) is 10.2 Å². The number of furan rings is 1. The van der Waals surface area contributed by atoms with Gasteiger partial charge < -0.3 is 20.4 Å². The summed E-state index contributed by atoms with van der Waals surface area (Å²) < 4.78 is 5.01. The molecule has 1 heterocycles. The van der Waals surface area contributed by atoms with Crippen LogP contribution in [0.4, 0.5) is 11.4 Å². The minimum atomic E-state index is -0.0188. The van der Waals surface area contributed by atoms with Crippen LogP contribution in [-0.4, -0.2) is 24.4 Å². The van der Waals surface area contributed by atoms with Crippen LogP contribution in [0.25, 0.3) is 0 Å². The molecule has 0 unspecified atom stereocenters. The SMILES string of the molecule is CN(CCC(=O)Nc1cccc(N)c1)Cc1ccoc1. The smallest absolute Gasteiger partial charge is 0.225 e. The van der Waals surface area contributed by atoms with Gasteiger partial charge in [0.05, 0.1) is 12.5 Å². The molecule has 1 aromatic heterocycles. The van der Waals surface area contributed by atoms with E-state index in [1.54, 1.807) is 24.7 Å². The molecule has 0 radical (unpaired) electrons. The molecule has 1 amide bonds. The van der Waals surface area contributed by atoms with Crippen molar-refractivity contribution in [1.29, 1.82) is 0 Å². The Kier molecular flexibility index (Phi) is 4.79. The van der Waals surface area contributed by atoms with Gasteiger partial charge in [0.25, 0.3) is 0 Å². The summed E-state index contributed by atoms with van der Waals surface area (Å²) in [5, 5.41) is 2.83. The van der Waals surface area contributed by atoms with Gasteiger partial charge in [0.2, 0.25) is 5.91 Å². The molecule has 3 N–H and O–H groups in total. The number of nitrogen functional groups attached to an aromatic ring is 1. The third-order valence-electron chi connectivity index (χ3n) is 2.92. The van der Waals surface area contributed by atoms with E-state index >= 15 is 0 Å². The van der Waals surface area contributed by atoms with Gasteiger partial charge in [-0.15, -0.1) is 0 Å². The first-order chi connectivity index (χ1) is 9.63. The molecule has 0 aliphatic rings. The molecule has 2 aromatic rings.